The van der Waals surface area contributed by atoms with Gasteiger partial charge in [-0.1, -0.05) is 43.5 Å². The van der Waals surface area contributed by atoms with Gasteiger partial charge in [0.25, 0.3) is 0 Å². The number of nitrogens with two attached hydrogens (primary N) is 1. The van der Waals surface area contributed by atoms with Crippen LogP contribution in [-0.4, -0.2) is 36.3 Å². The van der Waals surface area contributed by atoms with E-state index in [9.17, 15) is 9.59 Å². The molecule has 130 valence electrons. The number of hydrogen-bond donors (Lipinski definition) is 2. The second-order valence-corrected chi connectivity index (χ2v) is 6.10. The Labute approximate surface area is 152 Å². The van der Waals surface area contributed by atoms with Gasteiger partial charge in [0, 0.05) is 12.7 Å². The second-order valence-electron chi connectivity index (χ2n) is 5.28. The Morgan fingerprint density at radius 3 is 2.43 bits per heavy atom. The van der Waals surface area contributed by atoms with Crippen LogP contribution in [0.4, 0.5) is 5.69 Å². The third kappa shape index (κ3) is 6.55. The van der Waals surface area contributed by atoms with E-state index in [1.165, 1.54) is 4.90 Å². The highest BCUT2D eigenvalue weighted by Gasteiger charge is 2.24. The lowest BCUT2D eigenvalue weighted by molar-refractivity contribution is -0.135. The molecular formula is C15H22Cl3N3O2. The highest BCUT2D eigenvalue weighted by molar-refractivity contribution is 6.42. The summed E-state index contributed by atoms with van der Waals surface area (Å²) in [5.74, 6) is -0.516. The van der Waals surface area contributed by atoms with E-state index in [2.05, 4.69) is 5.32 Å². The Kier molecular flexibility index (Phi) is 9.54. The van der Waals surface area contributed by atoms with Crippen molar-refractivity contribution in [3.05, 3.63) is 28.2 Å². The number of carbonyl (C=O) groups is 2. The molecule has 2 unspecified atom stereocenters. The molecule has 0 radical (unpaired) electrons. The summed E-state index contributed by atoms with van der Waals surface area (Å²) in [6.07, 6.45) is 0.802. The molecule has 23 heavy (non-hydrogen) atoms. The van der Waals surface area contributed by atoms with Gasteiger partial charge in [-0.2, -0.15) is 0 Å². The number of halogens is 3. The van der Waals surface area contributed by atoms with Crippen LogP contribution < -0.4 is 11.1 Å². The number of nitrogens with one attached hydrogen (secondary N) is 1. The van der Waals surface area contributed by atoms with E-state index in [0.717, 1.165) is 6.42 Å². The molecule has 0 aromatic heterocycles. The van der Waals surface area contributed by atoms with Gasteiger partial charge in [0.1, 0.15) is 0 Å². The summed E-state index contributed by atoms with van der Waals surface area (Å²) < 4.78 is 0. The highest BCUT2D eigenvalue weighted by atomic mass is 35.5. The fourth-order valence-electron chi connectivity index (χ4n) is 1.82. The number of anilines is 1. The van der Waals surface area contributed by atoms with E-state index < -0.39 is 6.04 Å². The standard InChI is InChI=1S/C15H21Cl2N3O2.ClH/c1-4-9(2)14(18)15(22)20(3)8-13(21)19-10-5-6-11(16)12(17)7-10;/h5-7,9,14H,4,8,18H2,1-3H3,(H,19,21);1H. The van der Waals surface area contributed by atoms with Crippen molar-refractivity contribution >= 4 is 53.1 Å². The van der Waals surface area contributed by atoms with Crippen molar-refractivity contribution in [2.75, 3.05) is 18.9 Å². The van der Waals surface area contributed by atoms with E-state index in [4.69, 9.17) is 28.9 Å². The van der Waals surface area contributed by atoms with Crippen molar-refractivity contribution in [1.29, 1.82) is 0 Å². The zero-order chi connectivity index (χ0) is 16.9. The van der Waals surface area contributed by atoms with E-state index in [-0.39, 0.29) is 36.7 Å². The van der Waals surface area contributed by atoms with Crippen molar-refractivity contribution in [2.24, 2.45) is 11.7 Å². The maximum Gasteiger partial charge on any atom is 0.243 e. The lowest BCUT2D eigenvalue weighted by Gasteiger charge is -2.24. The molecule has 3 N–H and O–H groups in total. The minimum atomic E-state index is -0.604. The first-order valence-corrected chi connectivity index (χ1v) is 7.77. The molecule has 0 aliphatic carbocycles. The molecule has 0 spiro atoms. The van der Waals surface area contributed by atoms with Crippen LogP contribution in [0.2, 0.25) is 10.0 Å². The third-order valence-electron chi connectivity index (χ3n) is 3.50. The molecular weight excluding hydrogens is 361 g/mol. The van der Waals surface area contributed by atoms with Crippen LogP contribution in [0.25, 0.3) is 0 Å². The molecule has 1 aromatic rings. The van der Waals surface area contributed by atoms with Crippen LogP contribution in [0.15, 0.2) is 18.2 Å². The average Bonchev–Trinajstić information content (AvgIpc) is 2.48. The number of benzene rings is 1. The van der Waals surface area contributed by atoms with Gasteiger partial charge in [-0.15, -0.1) is 12.4 Å². The van der Waals surface area contributed by atoms with Crippen molar-refractivity contribution in [3.63, 3.8) is 0 Å². The summed E-state index contributed by atoms with van der Waals surface area (Å²) in [4.78, 5) is 25.4. The van der Waals surface area contributed by atoms with E-state index in [1.54, 1.807) is 25.2 Å². The van der Waals surface area contributed by atoms with Crippen molar-refractivity contribution in [3.8, 4) is 0 Å². The van der Waals surface area contributed by atoms with E-state index in [1.807, 2.05) is 13.8 Å². The molecule has 2 amide bonds. The SMILES string of the molecule is CCC(C)C(N)C(=O)N(C)CC(=O)Nc1ccc(Cl)c(Cl)c1.Cl. The van der Waals surface area contributed by atoms with Gasteiger partial charge in [0.2, 0.25) is 11.8 Å². The molecule has 8 heteroatoms. The minimum absolute atomic E-state index is 0. The molecule has 2 atom stereocenters. The number of rotatable bonds is 6. The minimum Gasteiger partial charge on any atom is -0.335 e. The fourth-order valence-corrected chi connectivity index (χ4v) is 2.12. The van der Waals surface area contributed by atoms with Crippen molar-refractivity contribution < 1.29 is 9.59 Å². The number of carbonyl (C=O) groups excluding carboxylic acids is 2. The summed E-state index contributed by atoms with van der Waals surface area (Å²) in [7, 11) is 1.55. The molecule has 0 bridgehead atoms. The number of likely N-dealkylation sites (N-methyl/N-ethyl adjacent to an activating group) is 1. The van der Waals surface area contributed by atoms with Crippen molar-refractivity contribution in [1.82, 2.24) is 4.90 Å². The summed E-state index contributed by atoms with van der Waals surface area (Å²) in [5.41, 5.74) is 6.40. The molecule has 0 heterocycles. The zero-order valence-corrected chi connectivity index (χ0v) is 15.6. The van der Waals surface area contributed by atoms with Gasteiger partial charge in [-0.3, -0.25) is 9.59 Å². The van der Waals surface area contributed by atoms with Crippen LogP contribution >= 0.6 is 35.6 Å². The Morgan fingerprint density at radius 2 is 1.91 bits per heavy atom. The van der Waals surface area contributed by atoms with Gasteiger partial charge < -0.3 is 16.0 Å². The number of amides is 2. The molecule has 0 fully saturated rings. The van der Waals surface area contributed by atoms with Crippen LogP contribution in [-0.2, 0) is 9.59 Å². The maximum absolute atomic E-state index is 12.1. The highest BCUT2D eigenvalue weighted by Crippen LogP contribution is 2.24. The predicted octanol–water partition coefficient (Wildman–Crippen LogP) is 3.19. The van der Waals surface area contributed by atoms with Gasteiger partial charge in [0.05, 0.1) is 22.6 Å². The lowest BCUT2D eigenvalue weighted by Crippen LogP contribution is -2.47. The Morgan fingerprint density at radius 1 is 1.30 bits per heavy atom. The van der Waals surface area contributed by atoms with Crippen LogP contribution in [0, 0.1) is 5.92 Å². The van der Waals surface area contributed by atoms with Gasteiger partial charge >= 0.3 is 0 Å². The van der Waals surface area contributed by atoms with Crippen LogP contribution in [0.5, 0.6) is 0 Å². The summed E-state index contributed by atoms with van der Waals surface area (Å²) in [5, 5.41) is 3.42. The quantitative estimate of drug-likeness (QED) is 0.793. The Hall–Kier alpha value is -1.01. The van der Waals surface area contributed by atoms with Crippen LogP contribution in [0.1, 0.15) is 20.3 Å². The smallest absolute Gasteiger partial charge is 0.243 e. The molecule has 0 aliphatic rings. The van der Waals surface area contributed by atoms with E-state index >= 15 is 0 Å². The van der Waals surface area contributed by atoms with Gasteiger partial charge in [-0.25, -0.2) is 0 Å². The molecule has 0 aliphatic heterocycles. The van der Waals surface area contributed by atoms with E-state index in [0.29, 0.717) is 15.7 Å². The molecule has 5 nitrogen and oxygen atoms in total. The van der Waals surface area contributed by atoms with Crippen molar-refractivity contribution in [2.45, 2.75) is 26.3 Å². The Bertz CT molecular complexity index is 555. The summed E-state index contributed by atoms with van der Waals surface area (Å²) in [6.45, 7) is 3.80. The van der Waals surface area contributed by atoms with Crippen LogP contribution in [0.3, 0.4) is 0 Å². The largest absolute Gasteiger partial charge is 0.335 e. The van der Waals surface area contributed by atoms with Gasteiger partial charge in [-0.05, 0) is 24.1 Å². The number of nitrogens with zero attached hydrogens (tertiary/aromatic N) is 1. The first-order valence-electron chi connectivity index (χ1n) is 7.01. The first-order chi connectivity index (χ1) is 10.3. The predicted molar refractivity (Wildman–Crippen MR) is 97.4 cm³/mol. The zero-order valence-electron chi connectivity index (χ0n) is 13.3. The van der Waals surface area contributed by atoms with Gasteiger partial charge in [0.15, 0.2) is 0 Å². The molecule has 1 aromatic carbocycles. The second kappa shape index (κ2) is 9.98. The Balaban J connectivity index is 0.00000484. The molecule has 0 saturated carbocycles. The third-order valence-corrected chi connectivity index (χ3v) is 4.24. The summed E-state index contributed by atoms with van der Waals surface area (Å²) in [6, 6.07) is 4.17. The monoisotopic (exact) mass is 381 g/mol. The number of hydrogen-bond acceptors (Lipinski definition) is 3. The first kappa shape index (κ1) is 22.0. The summed E-state index contributed by atoms with van der Waals surface area (Å²) >= 11 is 11.7. The normalized spacial score (nSPS) is 12.8. The fraction of sp³-hybridized carbons (Fsp3) is 0.467. The lowest BCUT2D eigenvalue weighted by atomic mass is 9.99. The molecule has 0 saturated heterocycles. The maximum atomic E-state index is 12.1. The molecule has 1 rings (SSSR count). The topological polar surface area (TPSA) is 75.4 Å². The average molecular weight is 383 g/mol.